The molecule has 0 amide bonds. The van der Waals surface area contributed by atoms with Crippen LogP contribution in [0.3, 0.4) is 0 Å². The van der Waals surface area contributed by atoms with Crippen LogP contribution in [-0.2, 0) is 6.42 Å². The first-order valence-corrected chi connectivity index (χ1v) is 7.08. The van der Waals surface area contributed by atoms with Crippen molar-refractivity contribution in [1.29, 1.82) is 0 Å². The second-order valence-electron chi connectivity index (χ2n) is 5.29. The molecule has 1 aliphatic rings. The van der Waals surface area contributed by atoms with Crippen molar-refractivity contribution < 1.29 is 0 Å². The molecule has 0 saturated heterocycles. The molecule has 3 heteroatoms. The molecule has 1 aromatic carbocycles. The molecule has 18 heavy (non-hydrogen) atoms. The van der Waals surface area contributed by atoms with Crippen molar-refractivity contribution >= 4 is 22.5 Å². The van der Waals surface area contributed by atoms with Gasteiger partial charge < -0.3 is 10.3 Å². The van der Waals surface area contributed by atoms with Gasteiger partial charge in [-0.2, -0.15) is 0 Å². The number of aromatic nitrogens is 1. The fourth-order valence-electron chi connectivity index (χ4n) is 3.26. The second kappa shape index (κ2) is 4.94. The van der Waals surface area contributed by atoms with Crippen molar-refractivity contribution in [2.75, 3.05) is 7.05 Å². The van der Waals surface area contributed by atoms with Crippen LogP contribution in [0.1, 0.15) is 24.8 Å². The average molecular weight is 263 g/mol. The third-order valence-electron chi connectivity index (χ3n) is 4.24. The summed E-state index contributed by atoms with van der Waals surface area (Å²) in [4.78, 5) is 3.34. The van der Waals surface area contributed by atoms with Crippen LogP contribution < -0.4 is 5.32 Å². The molecule has 0 spiro atoms. The zero-order valence-corrected chi connectivity index (χ0v) is 11.4. The van der Waals surface area contributed by atoms with Gasteiger partial charge in [0.15, 0.2) is 0 Å². The summed E-state index contributed by atoms with van der Waals surface area (Å²) in [6.07, 6.45) is 7.28. The molecular weight excluding hydrogens is 244 g/mol. The Labute approximate surface area is 113 Å². The Kier molecular flexibility index (Phi) is 3.31. The molecule has 1 aliphatic carbocycles. The number of aromatic amines is 1. The van der Waals surface area contributed by atoms with Crippen molar-refractivity contribution in [2.24, 2.45) is 5.92 Å². The van der Waals surface area contributed by atoms with E-state index in [9.17, 15) is 0 Å². The van der Waals surface area contributed by atoms with E-state index >= 15 is 0 Å². The van der Waals surface area contributed by atoms with Crippen LogP contribution in [0.25, 0.3) is 10.9 Å². The van der Waals surface area contributed by atoms with Gasteiger partial charge in [-0.15, -0.1) is 0 Å². The summed E-state index contributed by atoms with van der Waals surface area (Å²) in [6.45, 7) is 0. The highest BCUT2D eigenvalue weighted by Gasteiger charge is 2.26. The molecule has 1 heterocycles. The minimum atomic E-state index is 0.675. The van der Waals surface area contributed by atoms with E-state index in [0.717, 1.165) is 17.4 Å². The van der Waals surface area contributed by atoms with Gasteiger partial charge in [-0.1, -0.05) is 18.0 Å². The predicted octanol–water partition coefficient (Wildman–Crippen LogP) is 3.75. The Morgan fingerprint density at radius 1 is 1.39 bits per heavy atom. The van der Waals surface area contributed by atoms with Gasteiger partial charge in [0.25, 0.3) is 0 Å². The standard InChI is InChI=1S/C15H19ClN2/c1-17-14-4-2-3-10(14)7-11-9-18-15-6-5-12(16)8-13(11)15/h5-6,8-10,14,17-18H,2-4,7H2,1H3. The third kappa shape index (κ3) is 2.15. The molecule has 2 atom stereocenters. The molecule has 1 fully saturated rings. The van der Waals surface area contributed by atoms with Crippen LogP contribution in [0.15, 0.2) is 24.4 Å². The number of nitrogens with one attached hydrogen (secondary N) is 2. The number of halogens is 1. The van der Waals surface area contributed by atoms with E-state index in [2.05, 4.69) is 35.7 Å². The van der Waals surface area contributed by atoms with Gasteiger partial charge in [0, 0.05) is 28.2 Å². The number of rotatable bonds is 3. The van der Waals surface area contributed by atoms with Gasteiger partial charge in [0.05, 0.1) is 0 Å². The summed E-state index contributed by atoms with van der Waals surface area (Å²) in [5.74, 6) is 0.757. The Morgan fingerprint density at radius 2 is 2.28 bits per heavy atom. The number of fused-ring (bicyclic) bond motifs is 1. The van der Waals surface area contributed by atoms with E-state index in [1.807, 2.05) is 6.07 Å². The smallest absolute Gasteiger partial charge is 0.0457 e. The second-order valence-corrected chi connectivity index (χ2v) is 5.73. The fourth-order valence-corrected chi connectivity index (χ4v) is 3.44. The minimum absolute atomic E-state index is 0.675. The largest absolute Gasteiger partial charge is 0.361 e. The highest BCUT2D eigenvalue weighted by atomic mass is 35.5. The van der Waals surface area contributed by atoms with Gasteiger partial charge in [-0.25, -0.2) is 0 Å². The zero-order chi connectivity index (χ0) is 12.5. The molecule has 0 aliphatic heterocycles. The molecule has 2 unspecified atom stereocenters. The van der Waals surface area contributed by atoms with E-state index in [1.165, 1.54) is 35.7 Å². The number of hydrogen-bond acceptors (Lipinski definition) is 1. The van der Waals surface area contributed by atoms with Crippen molar-refractivity contribution in [3.8, 4) is 0 Å². The summed E-state index contributed by atoms with van der Waals surface area (Å²) in [5.41, 5.74) is 2.59. The van der Waals surface area contributed by atoms with Crippen LogP contribution in [0.4, 0.5) is 0 Å². The quantitative estimate of drug-likeness (QED) is 0.866. The predicted molar refractivity (Wildman–Crippen MR) is 77.2 cm³/mol. The number of hydrogen-bond donors (Lipinski definition) is 2. The van der Waals surface area contributed by atoms with E-state index in [1.54, 1.807) is 0 Å². The molecule has 1 aromatic heterocycles. The first-order chi connectivity index (χ1) is 8.78. The number of H-pyrrole nitrogens is 1. The van der Waals surface area contributed by atoms with Gasteiger partial charge in [0.2, 0.25) is 0 Å². The Hall–Kier alpha value is -0.990. The van der Waals surface area contributed by atoms with E-state index in [4.69, 9.17) is 11.6 Å². The molecule has 3 rings (SSSR count). The molecule has 1 saturated carbocycles. The third-order valence-corrected chi connectivity index (χ3v) is 4.48. The van der Waals surface area contributed by atoms with Crippen molar-refractivity contribution in [3.05, 3.63) is 35.0 Å². The maximum Gasteiger partial charge on any atom is 0.0457 e. The molecule has 0 radical (unpaired) electrons. The van der Waals surface area contributed by atoms with Gasteiger partial charge in [-0.05, 0) is 56.0 Å². The van der Waals surface area contributed by atoms with Crippen molar-refractivity contribution in [2.45, 2.75) is 31.7 Å². The zero-order valence-electron chi connectivity index (χ0n) is 10.7. The molecular formula is C15H19ClN2. The van der Waals surface area contributed by atoms with Crippen LogP contribution in [-0.4, -0.2) is 18.1 Å². The average Bonchev–Trinajstić information content (AvgIpc) is 2.97. The van der Waals surface area contributed by atoms with Crippen LogP contribution in [0, 0.1) is 5.92 Å². The van der Waals surface area contributed by atoms with Crippen molar-refractivity contribution in [3.63, 3.8) is 0 Å². The molecule has 2 N–H and O–H groups in total. The summed E-state index contributed by atoms with van der Waals surface area (Å²) in [5, 5.41) is 5.55. The normalized spacial score (nSPS) is 23.9. The Balaban J connectivity index is 1.88. The summed E-state index contributed by atoms with van der Waals surface area (Å²) >= 11 is 6.09. The number of benzene rings is 1. The van der Waals surface area contributed by atoms with Crippen LogP contribution in [0.5, 0.6) is 0 Å². The molecule has 2 aromatic rings. The lowest BCUT2D eigenvalue weighted by Gasteiger charge is -2.18. The first-order valence-electron chi connectivity index (χ1n) is 6.70. The van der Waals surface area contributed by atoms with Gasteiger partial charge in [-0.3, -0.25) is 0 Å². The maximum absolute atomic E-state index is 6.09. The monoisotopic (exact) mass is 262 g/mol. The summed E-state index contributed by atoms with van der Waals surface area (Å²) in [7, 11) is 2.08. The van der Waals surface area contributed by atoms with Crippen LogP contribution in [0.2, 0.25) is 5.02 Å². The summed E-state index contributed by atoms with van der Waals surface area (Å²) < 4.78 is 0. The molecule has 96 valence electrons. The van der Waals surface area contributed by atoms with Crippen molar-refractivity contribution in [1.82, 2.24) is 10.3 Å². The summed E-state index contributed by atoms with van der Waals surface area (Å²) in [6, 6.07) is 6.75. The SMILES string of the molecule is CNC1CCCC1Cc1c[nH]c2ccc(Cl)cc12. The molecule has 2 nitrogen and oxygen atoms in total. The lowest BCUT2D eigenvalue weighted by molar-refractivity contribution is 0.424. The lowest BCUT2D eigenvalue weighted by Crippen LogP contribution is -2.29. The van der Waals surface area contributed by atoms with E-state index in [0.29, 0.717) is 6.04 Å². The maximum atomic E-state index is 6.09. The van der Waals surface area contributed by atoms with Crippen LogP contribution >= 0.6 is 11.6 Å². The Morgan fingerprint density at radius 3 is 3.11 bits per heavy atom. The highest BCUT2D eigenvalue weighted by molar-refractivity contribution is 6.31. The first kappa shape index (κ1) is 12.1. The van der Waals surface area contributed by atoms with E-state index in [-0.39, 0.29) is 0 Å². The van der Waals surface area contributed by atoms with Gasteiger partial charge >= 0.3 is 0 Å². The Bertz CT molecular complexity index is 546. The van der Waals surface area contributed by atoms with E-state index < -0.39 is 0 Å². The van der Waals surface area contributed by atoms with Gasteiger partial charge in [0.1, 0.15) is 0 Å². The highest BCUT2D eigenvalue weighted by Crippen LogP contribution is 2.31. The molecule has 0 bridgehead atoms. The minimum Gasteiger partial charge on any atom is -0.361 e. The fraction of sp³-hybridized carbons (Fsp3) is 0.467. The lowest BCUT2D eigenvalue weighted by atomic mass is 9.94. The topological polar surface area (TPSA) is 27.8 Å².